The molecule has 4 heteroatoms. The van der Waals surface area contributed by atoms with Crippen LogP contribution >= 0.6 is 0 Å². The molecule has 1 aromatic carbocycles. The Kier molecular flexibility index (Phi) is 4.35. The van der Waals surface area contributed by atoms with Crippen molar-refractivity contribution in [3.63, 3.8) is 0 Å². The van der Waals surface area contributed by atoms with Crippen molar-refractivity contribution in [2.75, 3.05) is 13.6 Å². The molecular weight excluding hydrogens is 236 g/mol. The number of hydrogen-bond donors (Lipinski definition) is 1. The molecule has 1 unspecified atom stereocenters. The van der Waals surface area contributed by atoms with Gasteiger partial charge in [-0.2, -0.15) is 5.10 Å². The molecule has 1 atom stereocenters. The van der Waals surface area contributed by atoms with Crippen molar-refractivity contribution in [2.24, 2.45) is 12.8 Å². The van der Waals surface area contributed by atoms with Gasteiger partial charge in [0, 0.05) is 37.9 Å². The van der Waals surface area contributed by atoms with Crippen LogP contribution in [-0.2, 0) is 13.6 Å². The zero-order valence-corrected chi connectivity index (χ0v) is 11.9. The van der Waals surface area contributed by atoms with Gasteiger partial charge in [-0.3, -0.25) is 4.68 Å². The van der Waals surface area contributed by atoms with Crippen LogP contribution in [0.5, 0.6) is 0 Å². The smallest absolute Gasteiger partial charge is 0.0534 e. The maximum absolute atomic E-state index is 6.29. The van der Waals surface area contributed by atoms with Crippen molar-refractivity contribution in [1.29, 1.82) is 0 Å². The predicted molar refractivity (Wildman–Crippen MR) is 77.6 cm³/mol. The maximum Gasteiger partial charge on any atom is 0.0534 e. The summed E-state index contributed by atoms with van der Waals surface area (Å²) < 4.78 is 1.82. The molecule has 0 spiro atoms. The second-order valence-corrected chi connectivity index (χ2v) is 5.18. The van der Waals surface area contributed by atoms with Gasteiger partial charge < -0.3 is 10.6 Å². The average molecular weight is 258 g/mol. The molecule has 2 N–H and O–H groups in total. The van der Waals surface area contributed by atoms with Gasteiger partial charge in [-0.25, -0.2) is 0 Å². The minimum absolute atomic E-state index is 0.0443. The van der Waals surface area contributed by atoms with Gasteiger partial charge in [-0.15, -0.1) is 0 Å². The van der Waals surface area contributed by atoms with Crippen molar-refractivity contribution in [2.45, 2.75) is 19.5 Å². The molecule has 0 aliphatic carbocycles. The van der Waals surface area contributed by atoms with Crippen LogP contribution in [0.1, 0.15) is 22.7 Å². The zero-order valence-electron chi connectivity index (χ0n) is 11.9. The summed E-state index contributed by atoms with van der Waals surface area (Å²) in [6, 6.07) is 8.35. The van der Waals surface area contributed by atoms with Gasteiger partial charge in [-0.1, -0.05) is 24.3 Å². The number of benzene rings is 1. The summed E-state index contributed by atoms with van der Waals surface area (Å²) in [6.45, 7) is 3.81. The van der Waals surface area contributed by atoms with Crippen molar-refractivity contribution < 1.29 is 0 Å². The van der Waals surface area contributed by atoms with E-state index in [1.165, 1.54) is 16.7 Å². The third kappa shape index (κ3) is 3.66. The average Bonchev–Trinajstić information content (AvgIpc) is 2.74. The minimum Gasteiger partial charge on any atom is -0.323 e. The molecule has 0 aliphatic heterocycles. The van der Waals surface area contributed by atoms with E-state index in [1.807, 2.05) is 36.3 Å². The molecule has 0 radical (unpaired) electrons. The minimum atomic E-state index is 0.0443. The third-order valence-electron chi connectivity index (χ3n) is 3.31. The van der Waals surface area contributed by atoms with Crippen molar-refractivity contribution in [1.82, 2.24) is 14.7 Å². The highest BCUT2D eigenvalue weighted by molar-refractivity contribution is 5.28. The normalized spacial score (nSPS) is 12.9. The van der Waals surface area contributed by atoms with Crippen LogP contribution < -0.4 is 5.73 Å². The molecule has 19 heavy (non-hydrogen) atoms. The highest BCUT2D eigenvalue weighted by Crippen LogP contribution is 2.16. The van der Waals surface area contributed by atoms with Gasteiger partial charge in [-0.05, 0) is 25.1 Å². The van der Waals surface area contributed by atoms with Crippen LogP contribution in [0.4, 0.5) is 0 Å². The van der Waals surface area contributed by atoms with Crippen LogP contribution in [0, 0.1) is 6.92 Å². The number of rotatable bonds is 5. The van der Waals surface area contributed by atoms with E-state index in [0.717, 1.165) is 13.1 Å². The zero-order chi connectivity index (χ0) is 13.8. The van der Waals surface area contributed by atoms with E-state index in [2.05, 4.69) is 36.1 Å². The lowest BCUT2D eigenvalue weighted by atomic mass is 10.0. The molecule has 0 saturated heterocycles. The Labute approximate surface area is 114 Å². The van der Waals surface area contributed by atoms with Crippen LogP contribution in [0.15, 0.2) is 36.7 Å². The SMILES string of the molecule is Cc1ccccc1C(N)CN(C)Cc1cnn(C)c1. The summed E-state index contributed by atoms with van der Waals surface area (Å²) >= 11 is 0. The topological polar surface area (TPSA) is 47.1 Å². The first kappa shape index (κ1) is 13.8. The molecule has 0 bridgehead atoms. The standard InChI is InChI=1S/C15H22N4/c1-12-6-4-5-7-14(12)15(16)11-18(2)9-13-8-17-19(3)10-13/h4-8,10,15H,9,11,16H2,1-3H3. The number of likely N-dealkylation sites (N-methyl/N-ethyl adjacent to an activating group) is 1. The van der Waals surface area contributed by atoms with E-state index >= 15 is 0 Å². The summed E-state index contributed by atoms with van der Waals surface area (Å²) in [7, 11) is 4.02. The molecule has 0 fully saturated rings. The largest absolute Gasteiger partial charge is 0.323 e. The Bertz CT molecular complexity index is 532. The molecule has 0 aliphatic rings. The first-order valence-corrected chi connectivity index (χ1v) is 6.53. The fourth-order valence-electron chi connectivity index (χ4n) is 2.37. The molecule has 1 aromatic heterocycles. The first-order valence-electron chi connectivity index (χ1n) is 6.53. The highest BCUT2D eigenvalue weighted by Gasteiger charge is 2.11. The van der Waals surface area contributed by atoms with Crippen LogP contribution in [0.2, 0.25) is 0 Å². The van der Waals surface area contributed by atoms with Crippen LogP contribution in [-0.4, -0.2) is 28.3 Å². The van der Waals surface area contributed by atoms with Gasteiger partial charge in [0.25, 0.3) is 0 Å². The Morgan fingerprint density at radius 3 is 2.74 bits per heavy atom. The highest BCUT2D eigenvalue weighted by atomic mass is 15.2. The predicted octanol–water partition coefficient (Wildman–Crippen LogP) is 1.86. The number of hydrogen-bond acceptors (Lipinski definition) is 3. The molecule has 2 aromatic rings. The summed E-state index contributed by atoms with van der Waals surface area (Å²) in [5.41, 5.74) is 9.98. The maximum atomic E-state index is 6.29. The van der Waals surface area contributed by atoms with Crippen LogP contribution in [0.25, 0.3) is 0 Å². The lowest BCUT2D eigenvalue weighted by Crippen LogP contribution is -2.29. The Morgan fingerprint density at radius 1 is 1.37 bits per heavy atom. The first-order chi connectivity index (χ1) is 9.06. The van der Waals surface area contributed by atoms with E-state index in [4.69, 9.17) is 5.73 Å². The number of nitrogens with two attached hydrogens (primary N) is 1. The van der Waals surface area contributed by atoms with Crippen molar-refractivity contribution >= 4 is 0 Å². The Balaban J connectivity index is 1.95. The summed E-state index contributed by atoms with van der Waals surface area (Å²) in [6.07, 6.45) is 3.94. The molecule has 0 saturated carbocycles. The summed E-state index contributed by atoms with van der Waals surface area (Å²) in [5, 5.41) is 4.18. The van der Waals surface area contributed by atoms with E-state index in [-0.39, 0.29) is 6.04 Å². The van der Waals surface area contributed by atoms with E-state index < -0.39 is 0 Å². The third-order valence-corrected chi connectivity index (χ3v) is 3.31. The molecule has 2 rings (SSSR count). The second-order valence-electron chi connectivity index (χ2n) is 5.18. The summed E-state index contributed by atoms with van der Waals surface area (Å²) in [4.78, 5) is 2.23. The number of nitrogens with zero attached hydrogens (tertiary/aromatic N) is 3. The van der Waals surface area contributed by atoms with Gasteiger partial charge >= 0.3 is 0 Å². The summed E-state index contributed by atoms with van der Waals surface area (Å²) in [5.74, 6) is 0. The van der Waals surface area contributed by atoms with Crippen molar-refractivity contribution in [3.05, 3.63) is 53.3 Å². The Morgan fingerprint density at radius 2 is 2.11 bits per heavy atom. The monoisotopic (exact) mass is 258 g/mol. The number of aryl methyl sites for hydroxylation is 2. The molecular formula is C15H22N4. The lowest BCUT2D eigenvalue weighted by molar-refractivity contribution is 0.305. The molecule has 0 amide bonds. The lowest BCUT2D eigenvalue weighted by Gasteiger charge is -2.22. The van der Waals surface area contributed by atoms with Gasteiger partial charge in [0.05, 0.1) is 6.20 Å². The molecule has 1 heterocycles. The van der Waals surface area contributed by atoms with Crippen molar-refractivity contribution in [3.8, 4) is 0 Å². The Hall–Kier alpha value is -1.65. The molecule has 4 nitrogen and oxygen atoms in total. The van der Waals surface area contributed by atoms with E-state index in [0.29, 0.717) is 0 Å². The fraction of sp³-hybridized carbons (Fsp3) is 0.400. The van der Waals surface area contributed by atoms with E-state index in [9.17, 15) is 0 Å². The second kappa shape index (κ2) is 5.99. The molecule has 102 valence electrons. The van der Waals surface area contributed by atoms with E-state index in [1.54, 1.807) is 0 Å². The van der Waals surface area contributed by atoms with Gasteiger partial charge in [0.2, 0.25) is 0 Å². The quantitative estimate of drug-likeness (QED) is 0.890. The number of aromatic nitrogens is 2. The van der Waals surface area contributed by atoms with Gasteiger partial charge in [0.1, 0.15) is 0 Å². The van der Waals surface area contributed by atoms with Gasteiger partial charge in [0.15, 0.2) is 0 Å². The van der Waals surface area contributed by atoms with Crippen LogP contribution in [0.3, 0.4) is 0 Å². The fourth-order valence-corrected chi connectivity index (χ4v) is 2.37.